The summed E-state index contributed by atoms with van der Waals surface area (Å²) >= 11 is 0. The lowest BCUT2D eigenvalue weighted by Crippen LogP contribution is -2.30. The Morgan fingerprint density at radius 2 is 2.31 bits per heavy atom. The van der Waals surface area contributed by atoms with Gasteiger partial charge in [0.1, 0.15) is 6.61 Å². The number of Topliss-reactive ketones (excluding diaryl/α,β-unsaturated/α-hetero) is 1. The van der Waals surface area contributed by atoms with E-state index < -0.39 is 0 Å². The van der Waals surface area contributed by atoms with E-state index in [-0.39, 0.29) is 12.4 Å². The molecule has 0 unspecified atom stereocenters. The smallest absolute Gasteiger partial charge is 0.223 e. The van der Waals surface area contributed by atoms with Gasteiger partial charge in [-0.2, -0.15) is 0 Å². The van der Waals surface area contributed by atoms with Gasteiger partial charge in [0.2, 0.25) is 5.78 Å². The third-order valence-corrected chi connectivity index (χ3v) is 2.84. The van der Waals surface area contributed by atoms with Gasteiger partial charge < -0.3 is 14.5 Å². The maximum absolute atomic E-state index is 11.5. The summed E-state index contributed by atoms with van der Waals surface area (Å²) in [4.78, 5) is 11.5. The van der Waals surface area contributed by atoms with Crippen LogP contribution in [0.4, 0.5) is 0 Å². The normalized spacial score (nSPS) is 17.5. The van der Waals surface area contributed by atoms with Gasteiger partial charge in [0.25, 0.3) is 0 Å². The van der Waals surface area contributed by atoms with Crippen molar-refractivity contribution in [1.29, 1.82) is 0 Å². The van der Waals surface area contributed by atoms with Crippen LogP contribution in [-0.2, 0) is 4.74 Å². The van der Waals surface area contributed by atoms with Crippen molar-refractivity contribution in [2.75, 3.05) is 26.3 Å². The van der Waals surface area contributed by atoms with Crippen LogP contribution in [0.5, 0.6) is 0 Å². The molecule has 0 spiro atoms. The van der Waals surface area contributed by atoms with Crippen LogP contribution < -0.4 is 5.32 Å². The monoisotopic (exact) mass is 223 g/mol. The second-order valence-electron chi connectivity index (χ2n) is 4.11. The van der Waals surface area contributed by atoms with E-state index in [0.717, 1.165) is 25.9 Å². The van der Waals surface area contributed by atoms with Crippen LogP contribution >= 0.6 is 0 Å². The van der Waals surface area contributed by atoms with Gasteiger partial charge in [-0.1, -0.05) is 0 Å². The molecule has 0 radical (unpaired) electrons. The summed E-state index contributed by atoms with van der Waals surface area (Å²) in [7, 11) is 0. The second-order valence-corrected chi connectivity index (χ2v) is 4.11. The quantitative estimate of drug-likeness (QED) is 0.768. The minimum atomic E-state index is -0.0843. The van der Waals surface area contributed by atoms with Crippen molar-refractivity contribution in [1.82, 2.24) is 5.32 Å². The molecular formula is C12H17NO3. The first-order chi connectivity index (χ1) is 7.86. The molecule has 0 saturated carbocycles. The Balaban J connectivity index is 1.66. The summed E-state index contributed by atoms with van der Waals surface area (Å²) in [5.41, 5.74) is 0. The molecule has 0 aliphatic carbocycles. The van der Waals surface area contributed by atoms with E-state index in [0.29, 0.717) is 18.3 Å². The van der Waals surface area contributed by atoms with Crippen LogP contribution in [0.3, 0.4) is 0 Å². The lowest BCUT2D eigenvalue weighted by Gasteiger charge is -2.21. The minimum Gasteiger partial charge on any atom is -0.461 e. The van der Waals surface area contributed by atoms with E-state index >= 15 is 0 Å². The molecule has 88 valence electrons. The standard InChI is InChI=1S/C12H17NO3/c14-11(12-2-1-7-16-12)9-15-8-10-3-5-13-6-4-10/h1-2,7,10,13H,3-6,8-9H2. The van der Waals surface area contributed by atoms with Gasteiger partial charge in [-0.25, -0.2) is 0 Å². The summed E-state index contributed by atoms with van der Waals surface area (Å²) in [5.74, 6) is 0.884. The Hall–Kier alpha value is -1.13. The average Bonchev–Trinajstić information content (AvgIpc) is 2.84. The zero-order valence-electron chi connectivity index (χ0n) is 9.28. The molecule has 1 saturated heterocycles. The first-order valence-electron chi connectivity index (χ1n) is 5.71. The number of hydrogen-bond acceptors (Lipinski definition) is 4. The van der Waals surface area contributed by atoms with Gasteiger partial charge >= 0.3 is 0 Å². The van der Waals surface area contributed by atoms with Crippen LogP contribution in [0, 0.1) is 5.92 Å². The molecule has 0 aromatic carbocycles. The Morgan fingerprint density at radius 1 is 1.50 bits per heavy atom. The van der Waals surface area contributed by atoms with E-state index in [9.17, 15) is 4.79 Å². The molecule has 1 N–H and O–H groups in total. The Bertz CT molecular complexity index is 315. The molecule has 0 atom stereocenters. The highest BCUT2D eigenvalue weighted by atomic mass is 16.5. The Labute approximate surface area is 95.0 Å². The highest BCUT2D eigenvalue weighted by Gasteiger charge is 2.14. The van der Waals surface area contributed by atoms with Gasteiger partial charge in [0, 0.05) is 0 Å². The molecule has 1 aromatic rings. The first kappa shape index (κ1) is 11.4. The van der Waals surface area contributed by atoms with E-state index in [2.05, 4.69) is 5.32 Å². The van der Waals surface area contributed by atoms with Crippen molar-refractivity contribution < 1.29 is 13.9 Å². The molecule has 4 nitrogen and oxygen atoms in total. The van der Waals surface area contributed by atoms with Gasteiger partial charge in [-0.3, -0.25) is 4.79 Å². The van der Waals surface area contributed by atoms with E-state index in [4.69, 9.17) is 9.15 Å². The van der Waals surface area contributed by atoms with Gasteiger partial charge in [0.05, 0.1) is 12.9 Å². The number of nitrogens with one attached hydrogen (secondary N) is 1. The molecule has 1 aromatic heterocycles. The third-order valence-electron chi connectivity index (χ3n) is 2.84. The fourth-order valence-corrected chi connectivity index (χ4v) is 1.88. The summed E-state index contributed by atoms with van der Waals surface area (Å²) in [6.45, 7) is 2.91. The number of carbonyl (C=O) groups is 1. The maximum Gasteiger partial charge on any atom is 0.223 e. The number of furan rings is 1. The van der Waals surface area contributed by atoms with Crippen LogP contribution in [-0.4, -0.2) is 32.1 Å². The fraction of sp³-hybridized carbons (Fsp3) is 0.583. The van der Waals surface area contributed by atoms with Crippen molar-refractivity contribution in [3.05, 3.63) is 24.2 Å². The number of carbonyl (C=O) groups excluding carboxylic acids is 1. The van der Waals surface area contributed by atoms with Gasteiger partial charge in [0.15, 0.2) is 5.76 Å². The number of ether oxygens (including phenoxy) is 1. The van der Waals surface area contributed by atoms with Crippen molar-refractivity contribution >= 4 is 5.78 Å². The fourth-order valence-electron chi connectivity index (χ4n) is 1.88. The molecule has 0 bridgehead atoms. The van der Waals surface area contributed by atoms with Crippen molar-refractivity contribution in [3.63, 3.8) is 0 Å². The van der Waals surface area contributed by atoms with Crippen LogP contribution in [0.15, 0.2) is 22.8 Å². The number of ketones is 1. The Kier molecular flexibility index (Phi) is 4.13. The molecule has 16 heavy (non-hydrogen) atoms. The molecule has 2 heterocycles. The van der Waals surface area contributed by atoms with E-state index in [1.807, 2.05) is 0 Å². The van der Waals surface area contributed by atoms with Crippen molar-refractivity contribution in [3.8, 4) is 0 Å². The highest BCUT2D eigenvalue weighted by Crippen LogP contribution is 2.12. The van der Waals surface area contributed by atoms with Gasteiger partial charge in [-0.05, 0) is 44.0 Å². The van der Waals surface area contributed by atoms with E-state index in [1.165, 1.54) is 6.26 Å². The summed E-state index contributed by atoms with van der Waals surface area (Å²) in [6, 6.07) is 3.37. The average molecular weight is 223 g/mol. The molecule has 0 amide bonds. The number of hydrogen-bond donors (Lipinski definition) is 1. The lowest BCUT2D eigenvalue weighted by molar-refractivity contribution is 0.0615. The predicted molar refractivity (Wildman–Crippen MR) is 59.5 cm³/mol. The molecule has 2 rings (SSSR count). The zero-order chi connectivity index (χ0) is 11.2. The maximum atomic E-state index is 11.5. The topological polar surface area (TPSA) is 51.5 Å². The minimum absolute atomic E-state index is 0.0843. The van der Waals surface area contributed by atoms with Crippen molar-refractivity contribution in [2.24, 2.45) is 5.92 Å². The highest BCUT2D eigenvalue weighted by molar-refractivity contribution is 5.94. The largest absolute Gasteiger partial charge is 0.461 e. The van der Waals surface area contributed by atoms with Crippen molar-refractivity contribution in [2.45, 2.75) is 12.8 Å². The third kappa shape index (κ3) is 3.18. The van der Waals surface area contributed by atoms with Crippen LogP contribution in [0.25, 0.3) is 0 Å². The zero-order valence-corrected chi connectivity index (χ0v) is 9.28. The molecule has 4 heteroatoms. The predicted octanol–water partition coefficient (Wildman–Crippen LogP) is 1.48. The Morgan fingerprint density at radius 3 is 3.00 bits per heavy atom. The molecular weight excluding hydrogens is 206 g/mol. The first-order valence-corrected chi connectivity index (χ1v) is 5.71. The lowest BCUT2D eigenvalue weighted by atomic mass is 9.99. The second kappa shape index (κ2) is 5.82. The van der Waals surface area contributed by atoms with E-state index in [1.54, 1.807) is 12.1 Å². The summed E-state index contributed by atoms with van der Waals surface area (Å²) in [5, 5.41) is 3.30. The van der Waals surface area contributed by atoms with Gasteiger partial charge in [-0.15, -0.1) is 0 Å². The van der Waals surface area contributed by atoms with Crippen LogP contribution in [0.2, 0.25) is 0 Å². The SMILES string of the molecule is O=C(COCC1CCNCC1)c1ccco1. The molecule has 1 aliphatic heterocycles. The molecule has 1 fully saturated rings. The summed E-state index contributed by atoms with van der Waals surface area (Å²) < 4.78 is 10.4. The summed E-state index contributed by atoms with van der Waals surface area (Å²) in [6.07, 6.45) is 3.77. The number of rotatable bonds is 5. The van der Waals surface area contributed by atoms with Crippen LogP contribution in [0.1, 0.15) is 23.4 Å². The number of piperidine rings is 1. The molecule has 1 aliphatic rings.